The van der Waals surface area contributed by atoms with Crippen molar-refractivity contribution in [1.82, 2.24) is 4.90 Å². The highest BCUT2D eigenvalue weighted by Gasteiger charge is 2.36. The Balaban J connectivity index is 1.84. The number of carbonyl (C=O) groups excluding carboxylic acids is 2. The second kappa shape index (κ2) is 6.18. The van der Waals surface area contributed by atoms with Gasteiger partial charge in [0.15, 0.2) is 0 Å². The first-order valence-corrected chi connectivity index (χ1v) is 6.75. The van der Waals surface area contributed by atoms with Gasteiger partial charge >= 0.3 is 5.97 Å². The first kappa shape index (κ1) is 13.3. The fraction of sp³-hybridized carbons (Fsp3) is 0.846. The van der Waals surface area contributed by atoms with E-state index in [1.165, 1.54) is 6.42 Å². The summed E-state index contributed by atoms with van der Waals surface area (Å²) in [7, 11) is 0. The number of ether oxygens (including phenoxy) is 2. The highest BCUT2D eigenvalue weighted by atomic mass is 16.5. The molecule has 2 saturated heterocycles. The van der Waals surface area contributed by atoms with Gasteiger partial charge in [0.25, 0.3) is 0 Å². The highest BCUT2D eigenvalue weighted by molar-refractivity contribution is 5.83. The summed E-state index contributed by atoms with van der Waals surface area (Å²) in [4.78, 5) is 24.8. The van der Waals surface area contributed by atoms with Gasteiger partial charge in [0.2, 0.25) is 5.91 Å². The Hall–Kier alpha value is -1.10. The number of esters is 1. The first-order valence-electron chi connectivity index (χ1n) is 6.75. The Morgan fingerprint density at radius 1 is 1.50 bits per heavy atom. The van der Waals surface area contributed by atoms with Gasteiger partial charge in [-0.15, -0.1) is 0 Å². The summed E-state index contributed by atoms with van der Waals surface area (Å²) < 4.78 is 10.6. The zero-order chi connectivity index (χ0) is 13.0. The van der Waals surface area contributed by atoms with E-state index in [0.29, 0.717) is 19.6 Å². The van der Waals surface area contributed by atoms with Crippen LogP contribution in [0.25, 0.3) is 0 Å². The fourth-order valence-electron chi connectivity index (χ4n) is 2.70. The van der Waals surface area contributed by atoms with Gasteiger partial charge < -0.3 is 14.4 Å². The molecule has 2 fully saturated rings. The van der Waals surface area contributed by atoms with Gasteiger partial charge in [-0.2, -0.15) is 0 Å². The molecule has 2 atom stereocenters. The van der Waals surface area contributed by atoms with Gasteiger partial charge in [0, 0.05) is 25.5 Å². The highest BCUT2D eigenvalue weighted by Crippen LogP contribution is 2.28. The molecule has 2 aliphatic heterocycles. The van der Waals surface area contributed by atoms with E-state index in [4.69, 9.17) is 9.47 Å². The van der Waals surface area contributed by atoms with E-state index in [1.807, 2.05) is 0 Å². The van der Waals surface area contributed by atoms with Crippen LogP contribution in [-0.2, 0) is 19.1 Å². The number of hydrogen-bond acceptors (Lipinski definition) is 4. The number of nitrogens with zero attached hydrogens (tertiary/aromatic N) is 1. The van der Waals surface area contributed by atoms with Crippen LogP contribution in [0.5, 0.6) is 0 Å². The van der Waals surface area contributed by atoms with Crippen molar-refractivity contribution in [3.63, 3.8) is 0 Å². The minimum Gasteiger partial charge on any atom is -0.465 e. The topological polar surface area (TPSA) is 55.8 Å². The van der Waals surface area contributed by atoms with Crippen molar-refractivity contribution < 1.29 is 19.1 Å². The third-order valence-corrected chi connectivity index (χ3v) is 3.61. The number of amides is 1. The number of rotatable bonds is 4. The lowest BCUT2D eigenvalue weighted by Crippen LogP contribution is -2.34. The van der Waals surface area contributed by atoms with Gasteiger partial charge in [-0.3, -0.25) is 9.59 Å². The SMILES string of the molecule is CCOC(=O)CN1CC(C2CCCCO2)CC1=O. The van der Waals surface area contributed by atoms with Crippen LogP contribution in [0.1, 0.15) is 32.6 Å². The van der Waals surface area contributed by atoms with Gasteiger partial charge in [-0.25, -0.2) is 0 Å². The largest absolute Gasteiger partial charge is 0.465 e. The average molecular weight is 255 g/mol. The van der Waals surface area contributed by atoms with E-state index < -0.39 is 0 Å². The lowest BCUT2D eigenvalue weighted by Gasteiger charge is -2.27. The van der Waals surface area contributed by atoms with Crippen LogP contribution in [0.2, 0.25) is 0 Å². The van der Waals surface area contributed by atoms with Crippen LogP contribution >= 0.6 is 0 Å². The first-order chi connectivity index (χ1) is 8.70. The smallest absolute Gasteiger partial charge is 0.325 e. The molecule has 0 N–H and O–H groups in total. The molecule has 2 rings (SSSR count). The summed E-state index contributed by atoms with van der Waals surface area (Å²) in [6.45, 7) is 3.63. The maximum atomic E-state index is 11.8. The molecule has 1 amide bonds. The Kier molecular flexibility index (Phi) is 4.58. The van der Waals surface area contributed by atoms with Crippen LogP contribution in [0, 0.1) is 5.92 Å². The molecule has 0 aliphatic carbocycles. The summed E-state index contributed by atoms with van der Waals surface area (Å²) in [6.07, 6.45) is 4.02. The summed E-state index contributed by atoms with van der Waals surface area (Å²) in [5, 5.41) is 0. The van der Waals surface area contributed by atoms with E-state index in [1.54, 1.807) is 11.8 Å². The molecule has 18 heavy (non-hydrogen) atoms. The maximum Gasteiger partial charge on any atom is 0.325 e. The molecule has 0 spiro atoms. The Morgan fingerprint density at radius 2 is 2.33 bits per heavy atom. The number of carbonyl (C=O) groups is 2. The van der Waals surface area contributed by atoms with Crippen molar-refractivity contribution in [2.24, 2.45) is 5.92 Å². The molecule has 2 unspecified atom stereocenters. The predicted molar refractivity (Wildman–Crippen MR) is 64.9 cm³/mol. The third kappa shape index (κ3) is 3.22. The second-order valence-electron chi connectivity index (χ2n) is 4.95. The van der Waals surface area contributed by atoms with E-state index in [9.17, 15) is 9.59 Å². The van der Waals surface area contributed by atoms with Gasteiger partial charge in [-0.1, -0.05) is 0 Å². The van der Waals surface area contributed by atoms with Crippen LogP contribution in [-0.4, -0.2) is 49.2 Å². The van der Waals surface area contributed by atoms with E-state index in [-0.39, 0.29) is 30.4 Å². The average Bonchev–Trinajstić information content (AvgIpc) is 2.72. The third-order valence-electron chi connectivity index (χ3n) is 3.61. The summed E-state index contributed by atoms with van der Waals surface area (Å²) in [5.74, 6) is -0.0366. The molecule has 0 bridgehead atoms. The van der Waals surface area contributed by atoms with Crippen molar-refractivity contribution >= 4 is 11.9 Å². The molecule has 0 radical (unpaired) electrons. The molecule has 2 aliphatic rings. The van der Waals surface area contributed by atoms with E-state index in [0.717, 1.165) is 19.4 Å². The van der Waals surface area contributed by atoms with Crippen molar-refractivity contribution in [3.05, 3.63) is 0 Å². The maximum absolute atomic E-state index is 11.8. The number of hydrogen-bond donors (Lipinski definition) is 0. The molecular formula is C13H21NO4. The van der Waals surface area contributed by atoms with Crippen LogP contribution in [0.4, 0.5) is 0 Å². The summed E-state index contributed by atoms with van der Waals surface area (Å²) in [6, 6.07) is 0. The molecule has 0 saturated carbocycles. The molecule has 5 heteroatoms. The lowest BCUT2D eigenvalue weighted by molar-refractivity contribution is -0.147. The van der Waals surface area contributed by atoms with Gasteiger partial charge in [-0.05, 0) is 26.2 Å². The zero-order valence-corrected chi connectivity index (χ0v) is 10.9. The van der Waals surface area contributed by atoms with Crippen molar-refractivity contribution in [2.45, 2.75) is 38.7 Å². The fourth-order valence-corrected chi connectivity index (χ4v) is 2.70. The molecule has 5 nitrogen and oxygen atoms in total. The molecular weight excluding hydrogens is 234 g/mol. The predicted octanol–water partition coefficient (Wildman–Crippen LogP) is 0.967. The standard InChI is InChI=1S/C13H21NO4/c1-2-17-13(16)9-14-8-10(7-12(14)15)11-5-3-4-6-18-11/h10-11H,2-9H2,1H3. The monoisotopic (exact) mass is 255 g/mol. The van der Waals surface area contributed by atoms with E-state index in [2.05, 4.69) is 0 Å². The van der Waals surface area contributed by atoms with Crippen LogP contribution in [0.15, 0.2) is 0 Å². The van der Waals surface area contributed by atoms with Crippen LogP contribution < -0.4 is 0 Å². The molecule has 0 aromatic carbocycles. The second-order valence-corrected chi connectivity index (χ2v) is 4.95. The van der Waals surface area contributed by atoms with Gasteiger partial charge in [0.1, 0.15) is 6.54 Å². The van der Waals surface area contributed by atoms with Crippen LogP contribution in [0.3, 0.4) is 0 Å². The quantitative estimate of drug-likeness (QED) is 0.702. The molecule has 102 valence electrons. The summed E-state index contributed by atoms with van der Waals surface area (Å²) in [5.41, 5.74) is 0. The lowest BCUT2D eigenvalue weighted by atomic mass is 9.95. The molecule has 0 aromatic heterocycles. The minimum absolute atomic E-state index is 0.0437. The Morgan fingerprint density at radius 3 is 3.00 bits per heavy atom. The molecule has 0 aromatic rings. The zero-order valence-electron chi connectivity index (χ0n) is 10.9. The Labute approximate surface area is 107 Å². The van der Waals surface area contributed by atoms with Crippen molar-refractivity contribution in [1.29, 1.82) is 0 Å². The number of likely N-dealkylation sites (tertiary alicyclic amines) is 1. The molecule has 2 heterocycles. The van der Waals surface area contributed by atoms with E-state index >= 15 is 0 Å². The van der Waals surface area contributed by atoms with Crippen molar-refractivity contribution in [2.75, 3.05) is 26.3 Å². The normalized spacial score (nSPS) is 28.5. The van der Waals surface area contributed by atoms with Crippen molar-refractivity contribution in [3.8, 4) is 0 Å². The Bertz CT molecular complexity index is 312. The minimum atomic E-state index is -0.323. The van der Waals surface area contributed by atoms with Gasteiger partial charge in [0.05, 0.1) is 12.7 Å². The summed E-state index contributed by atoms with van der Waals surface area (Å²) >= 11 is 0.